The summed E-state index contributed by atoms with van der Waals surface area (Å²) in [5.74, 6) is 0.582. The molecule has 0 atom stereocenters. The van der Waals surface area contributed by atoms with Crippen molar-refractivity contribution in [2.45, 2.75) is 40.7 Å². The van der Waals surface area contributed by atoms with Crippen molar-refractivity contribution in [2.75, 3.05) is 50.5 Å². The number of carbonyl (C=O) groups excluding carboxylic acids is 1. The van der Waals surface area contributed by atoms with Crippen LogP contribution in [0.5, 0.6) is 0 Å². The lowest BCUT2D eigenvalue weighted by molar-refractivity contribution is -0.130. The van der Waals surface area contributed by atoms with E-state index in [4.69, 9.17) is 10.5 Å². The fourth-order valence-corrected chi connectivity index (χ4v) is 3.90. The van der Waals surface area contributed by atoms with Crippen LogP contribution in [0.1, 0.15) is 39.7 Å². The molecule has 0 aliphatic heterocycles. The molecule has 34 heavy (non-hydrogen) atoms. The van der Waals surface area contributed by atoms with E-state index in [0.717, 1.165) is 5.56 Å². The highest BCUT2D eigenvalue weighted by atomic mass is 16.5. The monoisotopic (exact) mass is 473 g/mol. The molecule has 0 fully saturated rings. The van der Waals surface area contributed by atoms with Gasteiger partial charge in [-0.1, -0.05) is 58.0 Å². The Morgan fingerprint density at radius 2 is 1.71 bits per heavy atom. The number of aromatic amines is 1. The molecule has 0 saturated heterocycles. The third-order valence-electron chi connectivity index (χ3n) is 5.34. The summed E-state index contributed by atoms with van der Waals surface area (Å²) in [5, 5.41) is 0. The first kappa shape index (κ1) is 27.2. The van der Waals surface area contributed by atoms with Crippen LogP contribution in [0.4, 0.5) is 11.5 Å². The second-order valence-electron chi connectivity index (χ2n) is 9.42. The van der Waals surface area contributed by atoms with Crippen LogP contribution < -0.4 is 21.9 Å². The molecule has 3 N–H and O–H groups in total. The third kappa shape index (κ3) is 7.76. The van der Waals surface area contributed by atoms with E-state index < -0.39 is 11.2 Å². The van der Waals surface area contributed by atoms with E-state index in [1.807, 2.05) is 35.2 Å². The van der Waals surface area contributed by atoms with E-state index in [0.29, 0.717) is 44.5 Å². The predicted octanol–water partition coefficient (Wildman–Crippen LogP) is 2.15. The fourth-order valence-electron chi connectivity index (χ4n) is 3.90. The molecule has 0 saturated carbocycles. The number of H-pyrrole nitrogens is 1. The number of nitrogen functional groups attached to an aromatic ring is 1. The minimum atomic E-state index is -0.601. The zero-order chi connectivity index (χ0) is 25.3. The Hall–Kier alpha value is -3.07. The van der Waals surface area contributed by atoms with Crippen LogP contribution in [-0.4, -0.2) is 60.3 Å². The summed E-state index contributed by atoms with van der Waals surface area (Å²) >= 11 is 0. The molecule has 9 heteroatoms. The number of carbonyl (C=O) groups is 1. The van der Waals surface area contributed by atoms with Gasteiger partial charge in [-0.25, -0.2) is 4.79 Å². The van der Waals surface area contributed by atoms with Gasteiger partial charge in [0.05, 0.1) is 13.1 Å². The topological polar surface area (TPSA) is 114 Å². The van der Waals surface area contributed by atoms with E-state index >= 15 is 0 Å². The van der Waals surface area contributed by atoms with Crippen LogP contribution in [0.2, 0.25) is 0 Å². The number of methoxy groups -OCH3 is 1. The predicted molar refractivity (Wildman–Crippen MR) is 136 cm³/mol. The molecule has 2 aromatic rings. The minimum Gasteiger partial charge on any atom is -0.385 e. The maximum atomic E-state index is 13.3. The summed E-state index contributed by atoms with van der Waals surface area (Å²) < 4.78 is 6.51. The lowest BCUT2D eigenvalue weighted by Gasteiger charge is -2.31. The number of anilines is 2. The molecule has 0 radical (unpaired) electrons. The van der Waals surface area contributed by atoms with Crippen molar-refractivity contribution in [1.82, 2.24) is 14.5 Å². The molecule has 188 valence electrons. The lowest BCUT2D eigenvalue weighted by Crippen LogP contribution is -2.46. The summed E-state index contributed by atoms with van der Waals surface area (Å²) in [6, 6.07) is 9.39. The van der Waals surface area contributed by atoms with Gasteiger partial charge in [0.25, 0.3) is 5.56 Å². The zero-order valence-electron chi connectivity index (χ0n) is 21.0. The summed E-state index contributed by atoms with van der Waals surface area (Å²) in [7, 11) is 1.60. The second-order valence-corrected chi connectivity index (χ2v) is 9.42. The van der Waals surface area contributed by atoms with Gasteiger partial charge < -0.3 is 20.3 Å². The number of hydrogen-bond donors (Lipinski definition) is 2. The summed E-state index contributed by atoms with van der Waals surface area (Å²) in [4.78, 5) is 44.7. The molecule has 0 spiro atoms. The number of benzene rings is 1. The fraction of sp³-hybridized carbons (Fsp3) is 0.560. The van der Waals surface area contributed by atoms with Crippen molar-refractivity contribution in [2.24, 2.45) is 11.8 Å². The van der Waals surface area contributed by atoms with Crippen molar-refractivity contribution in [3.8, 4) is 0 Å². The van der Waals surface area contributed by atoms with Crippen LogP contribution >= 0.6 is 0 Å². The molecule has 0 unspecified atom stereocenters. The molecule has 0 aliphatic rings. The van der Waals surface area contributed by atoms with Gasteiger partial charge in [-0.15, -0.1) is 0 Å². The van der Waals surface area contributed by atoms with Crippen LogP contribution in [0.25, 0.3) is 0 Å². The zero-order valence-corrected chi connectivity index (χ0v) is 21.0. The molecular weight excluding hydrogens is 434 g/mol. The molecule has 0 bridgehead atoms. The molecule has 0 aliphatic carbocycles. The SMILES string of the molecule is COCCCN(CC(=O)N(CC(C)C)CC(C)C)c1c(N)n(Cc2ccccc2)c(=O)[nH]c1=O. The first-order valence-corrected chi connectivity index (χ1v) is 11.8. The maximum absolute atomic E-state index is 13.3. The molecule has 9 nitrogen and oxygen atoms in total. The Labute approximate surface area is 201 Å². The highest BCUT2D eigenvalue weighted by Gasteiger charge is 2.24. The molecule has 2 rings (SSSR count). The van der Waals surface area contributed by atoms with Gasteiger partial charge in [0, 0.05) is 33.4 Å². The van der Waals surface area contributed by atoms with Gasteiger partial charge in [-0.3, -0.25) is 19.1 Å². The van der Waals surface area contributed by atoms with Crippen molar-refractivity contribution < 1.29 is 9.53 Å². The molecule has 1 amide bonds. The Kier molecular flexibility index (Phi) is 10.4. The summed E-state index contributed by atoms with van der Waals surface area (Å²) in [6.07, 6.45) is 0.592. The number of nitrogens with two attached hydrogens (primary N) is 1. The number of aromatic nitrogens is 2. The first-order chi connectivity index (χ1) is 16.1. The number of nitrogens with zero attached hydrogens (tertiary/aromatic N) is 3. The van der Waals surface area contributed by atoms with Gasteiger partial charge in [-0.2, -0.15) is 0 Å². The minimum absolute atomic E-state index is 0.0139. The maximum Gasteiger partial charge on any atom is 0.330 e. The molecule has 1 aromatic carbocycles. The number of hydrogen-bond acceptors (Lipinski definition) is 6. The van der Waals surface area contributed by atoms with E-state index in [2.05, 4.69) is 32.7 Å². The molecule has 1 heterocycles. The van der Waals surface area contributed by atoms with E-state index in [1.165, 1.54) is 4.57 Å². The summed E-state index contributed by atoms with van der Waals surface area (Å²) in [6.45, 7) is 10.6. The van der Waals surface area contributed by atoms with Gasteiger partial charge in [-0.05, 0) is 23.8 Å². The van der Waals surface area contributed by atoms with E-state index in [9.17, 15) is 14.4 Å². The third-order valence-corrected chi connectivity index (χ3v) is 5.34. The summed E-state index contributed by atoms with van der Waals surface area (Å²) in [5.41, 5.74) is 6.22. The van der Waals surface area contributed by atoms with Gasteiger partial charge in [0.15, 0.2) is 0 Å². The number of rotatable bonds is 13. The smallest absolute Gasteiger partial charge is 0.330 e. The standard InChI is InChI=1S/C25H39N5O4/c1-18(2)14-29(15-19(3)4)21(31)17-28(12-9-13-34-5)22-23(26)30(25(33)27-24(22)32)16-20-10-7-6-8-11-20/h6-8,10-11,18-19H,9,12-17,26H2,1-5H3,(H,27,32,33). The number of nitrogens with one attached hydrogen (secondary N) is 1. The van der Waals surface area contributed by atoms with Crippen molar-refractivity contribution in [1.29, 1.82) is 0 Å². The van der Waals surface area contributed by atoms with Crippen LogP contribution in [-0.2, 0) is 16.1 Å². The van der Waals surface area contributed by atoms with Crippen LogP contribution in [0.15, 0.2) is 39.9 Å². The normalized spacial score (nSPS) is 11.3. The van der Waals surface area contributed by atoms with E-state index in [1.54, 1.807) is 12.0 Å². The Morgan fingerprint density at radius 3 is 2.26 bits per heavy atom. The lowest BCUT2D eigenvalue weighted by atomic mass is 10.1. The van der Waals surface area contributed by atoms with Gasteiger partial charge >= 0.3 is 5.69 Å². The second kappa shape index (κ2) is 13.0. The van der Waals surface area contributed by atoms with E-state index in [-0.39, 0.29) is 30.5 Å². The average molecular weight is 474 g/mol. The highest BCUT2D eigenvalue weighted by molar-refractivity contribution is 5.82. The van der Waals surface area contributed by atoms with Crippen molar-refractivity contribution in [3.63, 3.8) is 0 Å². The Balaban J connectivity index is 2.44. The van der Waals surface area contributed by atoms with Crippen LogP contribution in [0, 0.1) is 11.8 Å². The van der Waals surface area contributed by atoms with Crippen LogP contribution in [0.3, 0.4) is 0 Å². The molecule has 1 aromatic heterocycles. The van der Waals surface area contributed by atoms with Gasteiger partial charge in [0.1, 0.15) is 11.5 Å². The largest absolute Gasteiger partial charge is 0.385 e. The van der Waals surface area contributed by atoms with Crippen molar-refractivity contribution >= 4 is 17.4 Å². The quantitative estimate of drug-likeness (QED) is 0.431. The van der Waals surface area contributed by atoms with Crippen molar-refractivity contribution in [3.05, 3.63) is 56.7 Å². The Bertz CT molecular complexity index is 1020. The first-order valence-electron chi connectivity index (χ1n) is 11.8. The Morgan fingerprint density at radius 1 is 1.09 bits per heavy atom. The number of ether oxygens (including phenoxy) is 1. The van der Waals surface area contributed by atoms with Gasteiger partial charge in [0.2, 0.25) is 5.91 Å². The highest BCUT2D eigenvalue weighted by Crippen LogP contribution is 2.19. The average Bonchev–Trinajstić information content (AvgIpc) is 2.76. The molecular formula is C25H39N5O4. The number of amides is 1.